The lowest BCUT2D eigenvalue weighted by Crippen LogP contribution is -1.99. The van der Waals surface area contributed by atoms with E-state index in [1.807, 2.05) is 12.1 Å². The van der Waals surface area contributed by atoms with Crippen molar-refractivity contribution in [3.8, 4) is 0 Å². The van der Waals surface area contributed by atoms with E-state index >= 15 is 0 Å². The number of hydrogen-bond acceptors (Lipinski definition) is 5. The van der Waals surface area contributed by atoms with Gasteiger partial charge in [-0.2, -0.15) is 0 Å². The molecule has 3 aromatic rings. The van der Waals surface area contributed by atoms with Gasteiger partial charge in [-0.25, -0.2) is 4.98 Å². The van der Waals surface area contributed by atoms with Crippen molar-refractivity contribution in [1.82, 2.24) is 4.98 Å². The van der Waals surface area contributed by atoms with Gasteiger partial charge in [-0.15, -0.1) is 11.3 Å². The number of nitrogens with zero attached hydrogens (tertiary/aromatic N) is 2. The first-order chi connectivity index (χ1) is 10.1. The fraction of sp³-hybridized carbons (Fsp3) is 0.0714. The van der Waals surface area contributed by atoms with Crippen LogP contribution in [0.2, 0.25) is 4.47 Å². The second-order valence-electron chi connectivity index (χ2n) is 4.37. The summed E-state index contributed by atoms with van der Waals surface area (Å²) in [7, 11) is 0. The SMILES string of the molecule is O=[N+]([O-])c1ccc(NCc2cnc(Cl)s2)c2ccccc12. The van der Waals surface area contributed by atoms with E-state index in [9.17, 15) is 10.1 Å². The number of nitrogens with one attached hydrogen (secondary N) is 1. The van der Waals surface area contributed by atoms with Gasteiger partial charge >= 0.3 is 0 Å². The van der Waals surface area contributed by atoms with Crippen LogP contribution in [-0.4, -0.2) is 9.91 Å². The molecule has 0 radical (unpaired) electrons. The Morgan fingerprint density at radius 1 is 1.24 bits per heavy atom. The summed E-state index contributed by atoms with van der Waals surface area (Å²) < 4.78 is 0.500. The first-order valence-corrected chi connectivity index (χ1v) is 7.35. The maximum Gasteiger partial charge on any atom is 0.277 e. The first kappa shape index (κ1) is 13.8. The highest BCUT2D eigenvalue weighted by molar-refractivity contribution is 7.15. The predicted molar refractivity (Wildman–Crippen MR) is 85.1 cm³/mol. The molecule has 0 aliphatic heterocycles. The van der Waals surface area contributed by atoms with Crippen LogP contribution in [0.1, 0.15) is 4.88 Å². The van der Waals surface area contributed by atoms with Gasteiger partial charge in [-0.3, -0.25) is 10.1 Å². The third kappa shape index (κ3) is 2.81. The summed E-state index contributed by atoms with van der Waals surface area (Å²) in [5.41, 5.74) is 0.956. The zero-order chi connectivity index (χ0) is 14.8. The number of benzene rings is 2. The topological polar surface area (TPSA) is 68.1 Å². The molecule has 0 atom stereocenters. The lowest BCUT2D eigenvalue weighted by atomic mass is 10.1. The Labute approximate surface area is 129 Å². The smallest absolute Gasteiger partial charge is 0.277 e. The molecule has 3 rings (SSSR count). The largest absolute Gasteiger partial charge is 0.380 e. The molecule has 5 nitrogen and oxygen atoms in total. The van der Waals surface area contributed by atoms with Crippen LogP contribution >= 0.6 is 22.9 Å². The Morgan fingerprint density at radius 2 is 2.00 bits per heavy atom. The van der Waals surface area contributed by atoms with Crippen molar-refractivity contribution in [1.29, 1.82) is 0 Å². The molecular formula is C14H10ClN3O2S. The Kier molecular flexibility index (Phi) is 3.72. The summed E-state index contributed by atoms with van der Waals surface area (Å²) in [6.45, 7) is 0.576. The molecule has 0 spiro atoms. The number of aromatic nitrogens is 1. The first-order valence-electron chi connectivity index (χ1n) is 6.15. The standard InChI is InChI=1S/C14H10ClN3O2S/c15-14-17-8-9(21-14)7-16-12-5-6-13(18(19)20)11-4-2-1-3-10(11)12/h1-6,8,16H,7H2. The van der Waals surface area contributed by atoms with Crippen LogP contribution in [-0.2, 0) is 6.54 Å². The lowest BCUT2D eigenvalue weighted by Gasteiger charge is -2.09. The summed E-state index contributed by atoms with van der Waals surface area (Å²) in [6, 6.07) is 10.5. The van der Waals surface area contributed by atoms with E-state index in [1.54, 1.807) is 24.4 Å². The van der Waals surface area contributed by atoms with E-state index in [-0.39, 0.29) is 10.6 Å². The quantitative estimate of drug-likeness (QED) is 0.569. The van der Waals surface area contributed by atoms with Gasteiger partial charge in [0.25, 0.3) is 5.69 Å². The van der Waals surface area contributed by atoms with Crippen LogP contribution in [0.15, 0.2) is 42.6 Å². The maximum atomic E-state index is 11.1. The molecule has 21 heavy (non-hydrogen) atoms. The molecule has 1 heterocycles. The van der Waals surface area contributed by atoms with E-state index in [2.05, 4.69) is 10.3 Å². The summed E-state index contributed by atoms with van der Waals surface area (Å²) in [5, 5.41) is 15.8. The molecule has 0 bridgehead atoms. The number of anilines is 1. The molecule has 1 aromatic heterocycles. The van der Waals surface area contributed by atoms with Crippen LogP contribution in [0.3, 0.4) is 0 Å². The summed E-state index contributed by atoms with van der Waals surface area (Å²) in [5.74, 6) is 0. The molecule has 1 N–H and O–H groups in total. The van der Waals surface area contributed by atoms with Crippen LogP contribution in [0.5, 0.6) is 0 Å². The highest BCUT2D eigenvalue weighted by Gasteiger charge is 2.13. The van der Waals surface area contributed by atoms with Crippen molar-refractivity contribution < 1.29 is 4.92 Å². The van der Waals surface area contributed by atoms with E-state index < -0.39 is 0 Å². The van der Waals surface area contributed by atoms with Gasteiger partial charge in [-0.05, 0) is 12.1 Å². The summed E-state index contributed by atoms with van der Waals surface area (Å²) >= 11 is 7.20. The minimum Gasteiger partial charge on any atom is -0.380 e. The van der Waals surface area contributed by atoms with Crippen LogP contribution < -0.4 is 5.32 Å². The van der Waals surface area contributed by atoms with Crippen molar-refractivity contribution in [2.45, 2.75) is 6.54 Å². The van der Waals surface area contributed by atoms with Crippen molar-refractivity contribution >= 4 is 45.1 Å². The van der Waals surface area contributed by atoms with Gasteiger partial charge < -0.3 is 5.32 Å². The van der Waals surface area contributed by atoms with E-state index in [0.29, 0.717) is 16.4 Å². The van der Waals surface area contributed by atoms with Crippen molar-refractivity contribution in [3.05, 3.63) is 62.1 Å². The number of non-ortho nitro benzene ring substituents is 1. The summed E-state index contributed by atoms with van der Waals surface area (Å²) in [6.07, 6.45) is 1.72. The molecule has 7 heteroatoms. The number of nitro benzene ring substituents is 1. The van der Waals surface area contributed by atoms with Gasteiger partial charge in [0.1, 0.15) is 0 Å². The maximum absolute atomic E-state index is 11.1. The Morgan fingerprint density at radius 3 is 2.67 bits per heavy atom. The minimum absolute atomic E-state index is 0.108. The molecule has 0 aliphatic carbocycles. The minimum atomic E-state index is -0.366. The summed E-state index contributed by atoms with van der Waals surface area (Å²) in [4.78, 5) is 15.7. The van der Waals surface area contributed by atoms with Crippen molar-refractivity contribution in [2.75, 3.05) is 5.32 Å². The number of fused-ring (bicyclic) bond motifs is 1. The third-order valence-corrected chi connectivity index (χ3v) is 4.19. The highest BCUT2D eigenvalue weighted by Crippen LogP contribution is 2.31. The highest BCUT2D eigenvalue weighted by atomic mass is 35.5. The molecule has 0 fully saturated rings. The van der Waals surface area contributed by atoms with E-state index in [1.165, 1.54) is 17.4 Å². The van der Waals surface area contributed by atoms with E-state index in [4.69, 9.17) is 11.6 Å². The average molecular weight is 320 g/mol. The number of halogens is 1. The number of nitro groups is 1. The molecule has 2 aromatic carbocycles. The second-order valence-corrected chi connectivity index (χ2v) is 6.07. The number of rotatable bonds is 4. The van der Waals surface area contributed by atoms with Gasteiger partial charge in [-0.1, -0.05) is 29.8 Å². The monoisotopic (exact) mass is 319 g/mol. The van der Waals surface area contributed by atoms with Crippen molar-refractivity contribution in [2.24, 2.45) is 0 Å². The lowest BCUT2D eigenvalue weighted by molar-refractivity contribution is -0.383. The molecule has 0 aliphatic rings. The molecule has 0 saturated carbocycles. The molecule has 0 amide bonds. The zero-order valence-corrected chi connectivity index (χ0v) is 12.3. The molecule has 106 valence electrons. The van der Waals surface area contributed by atoms with Gasteiger partial charge in [0.05, 0.1) is 16.9 Å². The van der Waals surface area contributed by atoms with Crippen molar-refractivity contribution in [3.63, 3.8) is 0 Å². The van der Waals surface area contributed by atoms with Gasteiger partial charge in [0.15, 0.2) is 4.47 Å². The molecule has 0 unspecified atom stereocenters. The second kappa shape index (κ2) is 5.67. The number of hydrogen-bond donors (Lipinski definition) is 1. The van der Waals surface area contributed by atoms with Crippen LogP contribution in [0.25, 0.3) is 10.8 Å². The van der Waals surface area contributed by atoms with Gasteiger partial charge in [0, 0.05) is 28.2 Å². The number of thiazole rings is 1. The molecular weight excluding hydrogens is 310 g/mol. The average Bonchev–Trinajstić information content (AvgIpc) is 2.90. The zero-order valence-electron chi connectivity index (χ0n) is 10.7. The Balaban J connectivity index is 1.96. The van der Waals surface area contributed by atoms with Crippen LogP contribution in [0, 0.1) is 10.1 Å². The normalized spacial score (nSPS) is 10.7. The third-order valence-electron chi connectivity index (χ3n) is 3.08. The molecule has 0 saturated heterocycles. The predicted octanol–water partition coefficient (Wildman–Crippen LogP) is 4.47. The fourth-order valence-corrected chi connectivity index (χ4v) is 3.06. The van der Waals surface area contributed by atoms with E-state index in [0.717, 1.165) is 16.0 Å². The van der Waals surface area contributed by atoms with Gasteiger partial charge in [0.2, 0.25) is 0 Å². The van der Waals surface area contributed by atoms with Crippen LogP contribution in [0.4, 0.5) is 11.4 Å². The fourth-order valence-electron chi connectivity index (χ4n) is 2.14. The Bertz CT molecular complexity index is 819. The Hall–Kier alpha value is -2.18.